The van der Waals surface area contributed by atoms with E-state index in [1.165, 1.54) is 5.56 Å². The summed E-state index contributed by atoms with van der Waals surface area (Å²) in [7, 11) is 0. The van der Waals surface area contributed by atoms with Crippen molar-refractivity contribution in [3.05, 3.63) is 71.3 Å². The van der Waals surface area contributed by atoms with Crippen LogP contribution in [0, 0.1) is 11.3 Å². The van der Waals surface area contributed by atoms with Crippen LogP contribution in [0.2, 0.25) is 0 Å². The summed E-state index contributed by atoms with van der Waals surface area (Å²) in [5.74, 6) is 0.293. The molecule has 1 aliphatic rings. The Hall–Kier alpha value is -2.08. The Morgan fingerprint density at radius 1 is 1.00 bits per heavy atom. The van der Waals surface area contributed by atoms with Gasteiger partial charge in [-0.15, -0.1) is 24.8 Å². The van der Waals surface area contributed by atoms with E-state index in [0.717, 1.165) is 38.0 Å². The van der Waals surface area contributed by atoms with E-state index < -0.39 is 0 Å². The molecule has 3 rings (SSSR count). The maximum absolute atomic E-state index is 12.4. The molecule has 1 aliphatic heterocycles. The summed E-state index contributed by atoms with van der Waals surface area (Å²) in [6, 6.07) is 17.9. The van der Waals surface area contributed by atoms with Crippen molar-refractivity contribution in [3.8, 4) is 0 Å². The molecule has 1 fully saturated rings. The van der Waals surface area contributed by atoms with E-state index in [-0.39, 0.29) is 42.5 Å². The summed E-state index contributed by atoms with van der Waals surface area (Å²) >= 11 is 0. The highest BCUT2D eigenvalue weighted by molar-refractivity contribution is 5.94. The normalized spacial score (nSPS) is 14.4. The number of likely N-dealkylation sites (tertiary alicyclic amines) is 1. The summed E-state index contributed by atoms with van der Waals surface area (Å²) in [6.07, 6.45) is 1.81. The zero-order valence-electron chi connectivity index (χ0n) is 15.8. The number of nitrogens with two attached hydrogens (primary N) is 1. The highest BCUT2D eigenvalue weighted by Gasteiger charge is 2.24. The largest absolute Gasteiger partial charge is 0.384 e. The molecule has 1 heterocycles. The Bertz CT molecular complexity index is 745. The van der Waals surface area contributed by atoms with Gasteiger partial charge in [0.15, 0.2) is 0 Å². The van der Waals surface area contributed by atoms with Gasteiger partial charge in [-0.3, -0.25) is 15.1 Å². The van der Waals surface area contributed by atoms with Gasteiger partial charge >= 0.3 is 0 Å². The quantitative estimate of drug-likeness (QED) is 0.492. The molecule has 1 saturated heterocycles. The van der Waals surface area contributed by atoms with Crippen molar-refractivity contribution in [1.29, 1.82) is 5.41 Å². The van der Waals surface area contributed by atoms with Gasteiger partial charge in [0.1, 0.15) is 5.84 Å². The summed E-state index contributed by atoms with van der Waals surface area (Å²) in [5, 5.41) is 10.4. The number of benzene rings is 2. The lowest BCUT2D eigenvalue weighted by Gasteiger charge is -2.31. The maximum atomic E-state index is 12.4. The Morgan fingerprint density at radius 3 is 2.18 bits per heavy atom. The summed E-state index contributed by atoms with van der Waals surface area (Å²) < 4.78 is 0. The first-order valence-corrected chi connectivity index (χ1v) is 9.09. The lowest BCUT2D eigenvalue weighted by atomic mass is 9.95. The molecule has 152 valence electrons. The number of carbonyl (C=O) groups is 1. The van der Waals surface area contributed by atoms with Crippen molar-refractivity contribution in [2.24, 2.45) is 11.7 Å². The van der Waals surface area contributed by atoms with Crippen molar-refractivity contribution in [2.45, 2.75) is 25.9 Å². The van der Waals surface area contributed by atoms with Crippen molar-refractivity contribution in [3.63, 3.8) is 0 Å². The fraction of sp³-hybridized carbons (Fsp3) is 0.333. The molecule has 5 nitrogen and oxygen atoms in total. The summed E-state index contributed by atoms with van der Waals surface area (Å²) in [5.41, 5.74) is 8.49. The third-order valence-corrected chi connectivity index (χ3v) is 4.94. The molecule has 0 spiro atoms. The number of piperidine rings is 1. The molecular weight excluding hydrogens is 395 g/mol. The highest BCUT2D eigenvalue weighted by Crippen LogP contribution is 2.19. The molecule has 0 bridgehead atoms. The van der Waals surface area contributed by atoms with Crippen LogP contribution in [0.3, 0.4) is 0 Å². The van der Waals surface area contributed by atoms with Gasteiger partial charge in [0.2, 0.25) is 5.91 Å². The fourth-order valence-corrected chi connectivity index (χ4v) is 3.33. The number of hydrogen-bond acceptors (Lipinski definition) is 3. The van der Waals surface area contributed by atoms with Gasteiger partial charge in [0, 0.05) is 24.6 Å². The van der Waals surface area contributed by atoms with Gasteiger partial charge in [0.05, 0.1) is 0 Å². The molecule has 0 atom stereocenters. The molecule has 0 aromatic heterocycles. The predicted molar refractivity (Wildman–Crippen MR) is 118 cm³/mol. The third kappa shape index (κ3) is 6.82. The number of nitrogens with zero attached hydrogens (tertiary/aromatic N) is 1. The van der Waals surface area contributed by atoms with Gasteiger partial charge in [-0.1, -0.05) is 54.6 Å². The van der Waals surface area contributed by atoms with E-state index in [4.69, 9.17) is 11.1 Å². The average Bonchev–Trinajstić information content (AvgIpc) is 2.68. The second-order valence-corrected chi connectivity index (χ2v) is 6.86. The zero-order chi connectivity index (χ0) is 18.4. The van der Waals surface area contributed by atoms with Crippen LogP contribution < -0.4 is 11.1 Å². The number of amides is 1. The van der Waals surface area contributed by atoms with Gasteiger partial charge < -0.3 is 11.1 Å². The summed E-state index contributed by atoms with van der Waals surface area (Å²) in [4.78, 5) is 14.8. The Labute approximate surface area is 179 Å². The van der Waals surface area contributed by atoms with E-state index in [1.54, 1.807) is 0 Å². The van der Waals surface area contributed by atoms with Gasteiger partial charge in [0.25, 0.3) is 0 Å². The first-order chi connectivity index (χ1) is 12.6. The van der Waals surface area contributed by atoms with Crippen LogP contribution in [-0.4, -0.2) is 29.7 Å². The predicted octanol–water partition coefficient (Wildman–Crippen LogP) is 3.34. The van der Waals surface area contributed by atoms with Crippen LogP contribution >= 0.6 is 24.8 Å². The molecule has 2 aromatic rings. The first-order valence-electron chi connectivity index (χ1n) is 9.09. The number of rotatable bonds is 6. The lowest BCUT2D eigenvalue weighted by molar-refractivity contribution is -0.126. The molecule has 0 unspecified atom stereocenters. The molecule has 2 aromatic carbocycles. The molecule has 7 heteroatoms. The van der Waals surface area contributed by atoms with Crippen LogP contribution in [0.15, 0.2) is 54.6 Å². The molecule has 4 N–H and O–H groups in total. The van der Waals surface area contributed by atoms with Crippen LogP contribution in [0.5, 0.6) is 0 Å². The van der Waals surface area contributed by atoms with Crippen molar-refractivity contribution in [1.82, 2.24) is 10.2 Å². The Kier molecular flexibility index (Phi) is 10.0. The van der Waals surface area contributed by atoms with E-state index in [0.29, 0.717) is 12.1 Å². The van der Waals surface area contributed by atoms with Gasteiger partial charge in [-0.05, 0) is 37.1 Å². The standard InChI is InChI=1S/C21H26N4O.2ClH/c22-20(23)18-8-6-16(7-9-18)14-24-21(26)19-10-12-25(13-11-19)15-17-4-2-1-3-5-17;;/h1-9,19H,10-15H2,(H3,22,23)(H,24,26);2*1H. The van der Waals surface area contributed by atoms with Crippen LogP contribution in [-0.2, 0) is 17.9 Å². The minimum absolute atomic E-state index is 0. The molecule has 28 heavy (non-hydrogen) atoms. The maximum Gasteiger partial charge on any atom is 0.223 e. The van der Waals surface area contributed by atoms with E-state index in [9.17, 15) is 4.79 Å². The fourth-order valence-electron chi connectivity index (χ4n) is 3.33. The lowest BCUT2D eigenvalue weighted by Crippen LogP contribution is -2.40. The SMILES string of the molecule is Cl.Cl.N=C(N)c1ccc(CNC(=O)C2CCN(Cc3ccccc3)CC2)cc1. The van der Waals surface area contributed by atoms with Crippen LogP contribution in [0.1, 0.15) is 29.5 Å². The molecular formula is C21H28Cl2N4O. The number of halogens is 2. The molecule has 0 aliphatic carbocycles. The second-order valence-electron chi connectivity index (χ2n) is 6.86. The highest BCUT2D eigenvalue weighted by atomic mass is 35.5. The third-order valence-electron chi connectivity index (χ3n) is 4.94. The van der Waals surface area contributed by atoms with E-state index >= 15 is 0 Å². The molecule has 0 saturated carbocycles. The van der Waals surface area contributed by atoms with Gasteiger partial charge in [-0.25, -0.2) is 0 Å². The van der Waals surface area contributed by atoms with Crippen molar-refractivity contribution < 1.29 is 4.79 Å². The monoisotopic (exact) mass is 422 g/mol. The second kappa shape index (κ2) is 11.7. The smallest absolute Gasteiger partial charge is 0.223 e. The Morgan fingerprint density at radius 2 is 1.61 bits per heavy atom. The Balaban J connectivity index is 0.00000196. The van der Waals surface area contributed by atoms with Crippen molar-refractivity contribution in [2.75, 3.05) is 13.1 Å². The topological polar surface area (TPSA) is 82.2 Å². The van der Waals surface area contributed by atoms with E-state index in [2.05, 4.69) is 34.5 Å². The molecule has 0 radical (unpaired) electrons. The minimum Gasteiger partial charge on any atom is -0.384 e. The summed E-state index contributed by atoms with van der Waals surface area (Å²) in [6.45, 7) is 3.39. The average molecular weight is 423 g/mol. The van der Waals surface area contributed by atoms with Crippen molar-refractivity contribution >= 4 is 36.6 Å². The van der Waals surface area contributed by atoms with E-state index in [1.807, 2.05) is 30.3 Å². The molecule has 1 amide bonds. The first kappa shape index (κ1) is 24.0. The van der Waals surface area contributed by atoms with Gasteiger partial charge in [-0.2, -0.15) is 0 Å². The zero-order valence-corrected chi connectivity index (χ0v) is 17.4. The number of nitrogen functional groups attached to an aromatic ring is 1. The number of carbonyl (C=O) groups excluding carboxylic acids is 1. The minimum atomic E-state index is 0. The number of hydrogen-bond donors (Lipinski definition) is 3. The number of amidine groups is 1. The van der Waals surface area contributed by atoms with Crippen LogP contribution in [0.25, 0.3) is 0 Å². The van der Waals surface area contributed by atoms with Crippen LogP contribution in [0.4, 0.5) is 0 Å². The number of nitrogens with one attached hydrogen (secondary N) is 2.